The van der Waals surface area contributed by atoms with Gasteiger partial charge >= 0.3 is 0 Å². The Morgan fingerprint density at radius 1 is 1.17 bits per heavy atom. The summed E-state index contributed by atoms with van der Waals surface area (Å²) in [5.41, 5.74) is 0.599. The fourth-order valence-corrected chi connectivity index (χ4v) is 4.12. The highest BCUT2D eigenvalue weighted by atomic mass is 35.5. The van der Waals surface area contributed by atoms with E-state index in [-0.39, 0.29) is 18.0 Å². The first-order valence-corrected chi connectivity index (χ1v) is 10.1. The summed E-state index contributed by atoms with van der Waals surface area (Å²) >= 11 is 7.55. The van der Waals surface area contributed by atoms with Crippen molar-refractivity contribution in [2.45, 2.75) is 6.42 Å². The molecule has 5 nitrogen and oxygen atoms in total. The molecular weight excluding hydrogens is 455 g/mol. The number of halogens is 4. The minimum absolute atomic E-state index is 0. The zero-order valence-electron chi connectivity index (χ0n) is 16.6. The standard InChI is InChI=1S/C20H20ClF2N3O2S.ClH/c1-25(2)9-4-10-26(19(27)12-5-7-14(22)15(23)11-12)20-24-17-16(28-3)8-6-13(21)18(17)29-20;/h5-8,11H,4,9-10H2,1-3H3;1H. The van der Waals surface area contributed by atoms with E-state index in [1.54, 1.807) is 12.1 Å². The Bertz CT molecular complexity index is 1050. The third-order valence-electron chi connectivity index (χ3n) is 4.30. The Kier molecular flexibility index (Phi) is 8.37. The third kappa shape index (κ3) is 5.18. The number of fused-ring (bicyclic) bond motifs is 1. The highest BCUT2D eigenvalue weighted by Crippen LogP contribution is 2.39. The number of nitrogens with zero attached hydrogens (tertiary/aromatic N) is 3. The molecule has 0 N–H and O–H groups in total. The van der Waals surface area contributed by atoms with E-state index < -0.39 is 17.5 Å². The van der Waals surface area contributed by atoms with Crippen molar-refractivity contribution in [1.82, 2.24) is 9.88 Å². The van der Waals surface area contributed by atoms with E-state index in [4.69, 9.17) is 16.3 Å². The minimum Gasteiger partial charge on any atom is -0.494 e. The van der Waals surface area contributed by atoms with Gasteiger partial charge in [-0.1, -0.05) is 22.9 Å². The number of carbonyl (C=O) groups is 1. The van der Waals surface area contributed by atoms with Crippen LogP contribution < -0.4 is 9.64 Å². The molecule has 162 valence electrons. The van der Waals surface area contributed by atoms with Gasteiger partial charge in [-0.15, -0.1) is 12.4 Å². The molecule has 0 unspecified atom stereocenters. The molecule has 1 heterocycles. The van der Waals surface area contributed by atoms with E-state index in [1.165, 1.54) is 29.4 Å². The van der Waals surface area contributed by atoms with Crippen LogP contribution in [0.4, 0.5) is 13.9 Å². The quantitative estimate of drug-likeness (QED) is 0.467. The molecule has 0 aliphatic carbocycles. The number of benzene rings is 2. The van der Waals surface area contributed by atoms with Crippen LogP contribution in [0.3, 0.4) is 0 Å². The lowest BCUT2D eigenvalue weighted by Crippen LogP contribution is -2.33. The number of methoxy groups -OCH3 is 1. The molecular formula is C20H21Cl2F2N3O2S. The van der Waals surface area contributed by atoms with Crippen LogP contribution in [-0.2, 0) is 0 Å². The maximum atomic E-state index is 13.7. The average Bonchev–Trinajstić information content (AvgIpc) is 3.13. The summed E-state index contributed by atoms with van der Waals surface area (Å²) < 4.78 is 33.0. The van der Waals surface area contributed by atoms with Crippen molar-refractivity contribution in [2.75, 3.05) is 39.2 Å². The van der Waals surface area contributed by atoms with Crippen LogP contribution in [0.2, 0.25) is 5.02 Å². The van der Waals surface area contributed by atoms with Gasteiger partial charge in [0.15, 0.2) is 16.8 Å². The number of ether oxygens (including phenoxy) is 1. The smallest absolute Gasteiger partial charge is 0.260 e. The SMILES string of the molecule is COc1ccc(Cl)c2sc(N(CCCN(C)C)C(=O)c3ccc(F)c(F)c3)nc12.Cl. The molecule has 0 fully saturated rings. The molecule has 3 aromatic rings. The largest absolute Gasteiger partial charge is 0.494 e. The number of carbonyl (C=O) groups excluding carboxylic acids is 1. The van der Waals surface area contributed by atoms with Crippen LogP contribution in [0.25, 0.3) is 10.2 Å². The maximum absolute atomic E-state index is 13.7. The van der Waals surface area contributed by atoms with Crippen LogP contribution in [0.1, 0.15) is 16.8 Å². The summed E-state index contributed by atoms with van der Waals surface area (Å²) in [6.07, 6.45) is 0.670. The summed E-state index contributed by atoms with van der Waals surface area (Å²) in [5.74, 6) is -1.99. The zero-order valence-corrected chi connectivity index (χ0v) is 19.0. The summed E-state index contributed by atoms with van der Waals surface area (Å²) in [6, 6.07) is 6.52. The van der Waals surface area contributed by atoms with Crippen LogP contribution in [0, 0.1) is 11.6 Å². The first kappa shape index (κ1) is 24.3. The Balaban J connectivity index is 0.00000320. The second kappa shape index (κ2) is 10.3. The second-order valence-electron chi connectivity index (χ2n) is 6.67. The highest BCUT2D eigenvalue weighted by molar-refractivity contribution is 7.23. The molecule has 0 saturated carbocycles. The molecule has 2 aromatic carbocycles. The van der Waals surface area contributed by atoms with Crippen LogP contribution in [0.5, 0.6) is 5.75 Å². The second-order valence-corrected chi connectivity index (χ2v) is 8.05. The van der Waals surface area contributed by atoms with Gasteiger partial charge in [0.05, 0.1) is 16.8 Å². The number of anilines is 1. The molecule has 0 saturated heterocycles. The first-order chi connectivity index (χ1) is 13.8. The predicted molar refractivity (Wildman–Crippen MR) is 120 cm³/mol. The molecule has 0 radical (unpaired) electrons. The maximum Gasteiger partial charge on any atom is 0.260 e. The molecule has 0 atom stereocenters. The third-order valence-corrected chi connectivity index (χ3v) is 5.84. The van der Waals surface area contributed by atoms with Crippen molar-refractivity contribution in [2.24, 2.45) is 0 Å². The van der Waals surface area contributed by atoms with Gasteiger partial charge in [0.25, 0.3) is 5.91 Å². The Hall–Kier alpha value is -2.00. The summed E-state index contributed by atoms with van der Waals surface area (Å²) in [7, 11) is 5.40. The van der Waals surface area contributed by atoms with E-state index in [0.29, 0.717) is 39.1 Å². The topological polar surface area (TPSA) is 45.7 Å². The molecule has 0 aliphatic rings. The van der Waals surface area contributed by atoms with Gasteiger partial charge in [0.1, 0.15) is 11.3 Å². The van der Waals surface area contributed by atoms with E-state index >= 15 is 0 Å². The van der Waals surface area contributed by atoms with E-state index in [1.807, 2.05) is 19.0 Å². The van der Waals surface area contributed by atoms with Crippen LogP contribution in [0.15, 0.2) is 30.3 Å². The molecule has 30 heavy (non-hydrogen) atoms. The van der Waals surface area contributed by atoms with Crippen molar-refractivity contribution >= 4 is 56.6 Å². The molecule has 3 rings (SSSR count). The summed E-state index contributed by atoms with van der Waals surface area (Å²) in [5, 5.41) is 0.915. The van der Waals surface area contributed by atoms with Gasteiger partial charge in [-0.25, -0.2) is 13.8 Å². The lowest BCUT2D eigenvalue weighted by molar-refractivity contribution is 0.0985. The summed E-state index contributed by atoms with van der Waals surface area (Å²) in [6.45, 7) is 1.10. The predicted octanol–water partition coefficient (Wildman–Crippen LogP) is 5.26. The van der Waals surface area contributed by atoms with Gasteiger partial charge in [-0.3, -0.25) is 9.69 Å². The number of amides is 1. The number of aromatic nitrogens is 1. The van der Waals surface area contributed by atoms with E-state index in [0.717, 1.165) is 18.7 Å². The highest BCUT2D eigenvalue weighted by Gasteiger charge is 2.24. The Labute approximate surface area is 188 Å². The zero-order chi connectivity index (χ0) is 21.1. The number of hydrogen-bond acceptors (Lipinski definition) is 5. The first-order valence-electron chi connectivity index (χ1n) is 8.86. The molecule has 1 aromatic heterocycles. The number of rotatable bonds is 7. The van der Waals surface area contributed by atoms with Gasteiger partial charge in [0.2, 0.25) is 0 Å². The van der Waals surface area contributed by atoms with Crippen LogP contribution >= 0.6 is 35.3 Å². The normalized spacial score (nSPS) is 10.9. The van der Waals surface area contributed by atoms with Crippen molar-refractivity contribution in [3.05, 3.63) is 52.6 Å². The van der Waals surface area contributed by atoms with Crippen molar-refractivity contribution in [3.8, 4) is 5.75 Å². The lowest BCUT2D eigenvalue weighted by atomic mass is 10.2. The molecule has 0 bridgehead atoms. The number of hydrogen-bond donors (Lipinski definition) is 0. The lowest BCUT2D eigenvalue weighted by Gasteiger charge is -2.21. The Morgan fingerprint density at radius 3 is 2.53 bits per heavy atom. The molecule has 0 spiro atoms. The molecule has 10 heteroatoms. The van der Waals surface area contributed by atoms with Crippen molar-refractivity contribution < 1.29 is 18.3 Å². The molecule has 0 aliphatic heterocycles. The summed E-state index contributed by atoms with van der Waals surface area (Å²) in [4.78, 5) is 21.2. The van der Waals surface area contributed by atoms with Crippen molar-refractivity contribution in [3.63, 3.8) is 0 Å². The monoisotopic (exact) mass is 475 g/mol. The van der Waals surface area contributed by atoms with E-state index in [2.05, 4.69) is 4.98 Å². The van der Waals surface area contributed by atoms with Gasteiger partial charge in [-0.2, -0.15) is 0 Å². The number of thiazole rings is 1. The minimum atomic E-state index is -1.07. The Morgan fingerprint density at radius 2 is 1.90 bits per heavy atom. The van der Waals surface area contributed by atoms with E-state index in [9.17, 15) is 13.6 Å². The van der Waals surface area contributed by atoms with Gasteiger partial charge in [0, 0.05) is 12.1 Å². The van der Waals surface area contributed by atoms with Crippen LogP contribution in [-0.4, -0.2) is 50.1 Å². The van der Waals surface area contributed by atoms with Crippen molar-refractivity contribution in [1.29, 1.82) is 0 Å². The molecule has 1 amide bonds. The fourth-order valence-electron chi connectivity index (χ4n) is 2.84. The fraction of sp³-hybridized carbons (Fsp3) is 0.300. The van der Waals surface area contributed by atoms with Gasteiger partial charge in [-0.05, 0) is 57.4 Å². The average molecular weight is 476 g/mol. The van der Waals surface area contributed by atoms with Gasteiger partial charge < -0.3 is 9.64 Å².